The van der Waals surface area contributed by atoms with Gasteiger partial charge in [0.15, 0.2) is 0 Å². The number of rotatable bonds is 3. The SMILES string of the molecule is CC(=O)N1CCc2cc(S(=O)(=O)NC3CC(=O)N(C)C3)ccc21. The molecule has 23 heavy (non-hydrogen) atoms. The van der Waals surface area contributed by atoms with Crippen LogP contribution in [0.5, 0.6) is 0 Å². The molecule has 124 valence electrons. The number of amides is 2. The maximum atomic E-state index is 12.5. The maximum absolute atomic E-state index is 12.5. The Kier molecular flexibility index (Phi) is 3.89. The Bertz CT molecular complexity index is 775. The lowest BCUT2D eigenvalue weighted by atomic mass is 10.2. The van der Waals surface area contributed by atoms with Crippen molar-refractivity contribution in [3.05, 3.63) is 23.8 Å². The van der Waals surface area contributed by atoms with Crippen molar-refractivity contribution < 1.29 is 18.0 Å². The molecule has 1 aromatic carbocycles. The quantitative estimate of drug-likeness (QED) is 0.848. The van der Waals surface area contributed by atoms with E-state index < -0.39 is 16.1 Å². The van der Waals surface area contributed by atoms with Crippen LogP contribution in [-0.2, 0) is 26.0 Å². The fraction of sp³-hybridized carbons (Fsp3) is 0.467. The van der Waals surface area contributed by atoms with Gasteiger partial charge in [-0.1, -0.05) is 0 Å². The summed E-state index contributed by atoms with van der Waals surface area (Å²) >= 11 is 0. The van der Waals surface area contributed by atoms with E-state index in [2.05, 4.69) is 4.72 Å². The van der Waals surface area contributed by atoms with Crippen LogP contribution in [0.3, 0.4) is 0 Å². The Morgan fingerprint density at radius 2 is 2.09 bits per heavy atom. The normalized spacial score (nSPS) is 21.0. The average molecular weight is 337 g/mol. The van der Waals surface area contributed by atoms with Crippen LogP contribution in [-0.4, -0.2) is 51.3 Å². The fourth-order valence-corrected chi connectivity index (χ4v) is 4.38. The van der Waals surface area contributed by atoms with Crippen LogP contribution < -0.4 is 9.62 Å². The molecule has 1 atom stereocenters. The number of hydrogen-bond acceptors (Lipinski definition) is 4. The Morgan fingerprint density at radius 3 is 2.70 bits per heavy atom. The summed E-state index contributed by atoms with van der Waals surface area (Å²) < 4.78 is 27.6. The second-order valence-electron chi connectivity index (χ2n) is 6.01. The number of hydrogen-bond donors (Lipinski definition) is 1. The molecule has 1 aromatic rings. The van der Waals surface area contributed by atoms with Gasteiger partial charge in [-0.25, -0.2) is 13.1 Å². The first-order valence-electron chi connectivity index (χ1n) is 7.45. The molecular formula is C15H19N3O4S. The lowest BCUT2D eigenvalue weighted by Gasteiger charge is -2.16. The average Bonchev–Trinajstić information content (AvgIpc) is 3.01. The summed E-state index contributed by atoms with van der Waals surface area (Å²) in [6.45, 7) is 2.44. The van der Waals surface area contributed by atoms with Gasteiger partial charge in [0.25, 0.3) is 0 Å². The number of likely N-dealkylation sites (tertiary alicyclic amines) is 1. The van der Waals surface area contributed by atoms with Gasteiger partial charge < -0.3 is 9.80 Å². The van der Waals surface area contributed by atoms with Gasteiger partial charge in [-0.3, -0.25) is 9.59 Å². The van der Waals surface area contributed by atoms with Gasteiger partial charge in [-0.15, -0.1) is 0 Å². The molecule has 1 N–H and O–H groups in total. The molecular weight excluding hydrogens is 318 g/mol. The number of anilines is 1. The van der Waals surface area contributed by atoms with Gasteiger partial charge in [-0.05, 0) is 30.2 Å². The van der Waals surface area contributed by atoms with Gasteiger partial charge >= 0.3 is 0 Å². The molecule has 2 aliphatic rings. The second-order valence-corrected chi connectivity index (χ2v) is 7.72. The zero-order chi connectivity index (χ0) is 16.8. The van der Waals surface area contributed by atoms with E-state index in [1.54, 1.807) is 24.1 Å². The molecule has 0 spiro atoms. The maximum Gasteiger partial charge on any atom is 0.240 e. The van der Waals surface area contributed by atoms with Crippen molar-refractivity contribution in [1.29, 1.82) is 0 Å². The van der Waals surface area contributed by atoms with Crippen molar-refractivity contribution in [2.45, 2.75) is 30.7 Å². The van der Waals surface area contributed by atoms with Crippen LogP contribution in [0.4, 0.5) is 5.69 Å². The molecule has 1 fully saturated rings. The molecule has 2 aliphatic heterocycles. The minimum absolute atomic E-state index is 0.0509. The number of likely N-dealkylation sites (N-methyl/N-ethyl adjacent to an activating group) is 1. The number of benzene rings is 1. The number of carbonyl (C=O) groups is 2. The third kappa shape index (κ3) is 2.96. The first-order chi connectivity index (χ1) is 10.8. The van der Waals surface area contributed by atoms with Crippen LogP contribution >= 0.6 is 0 Å². The standard InChI is InChI=1S/C15H19N3O4S/c1-10(19)18-6-5-11-7-13(3-4-14(11)18)23(21,22)16-12-8-15(20)17(2)9-12/h3-4,7,12,16H,5-6,8-9H2,1-2H3. The molecule has 1 saturated heterocycles. The van der Waals surface area contributed by atoms with Crippen LogP contribution in [0.15, 0.2) is 23.1 Å². The minimum Gasteiger partial charge on any atom is -0.344 e. The highest BCUT2D eigenvalue weighted by Gasteiger charge is 2.31. The fourth-order valence-electron chi connectivity index (χ4n) is 3.10. The summed E-state index contributed by atoms with van der Waals surface area (Å²) in [4.78, 5) is 26.4. The zero-order valence-corrected chi connectivity index (χ0v) is 13.9. The van der Waals surface area contributed by atoms with E-state index in [1.165, 1.54) is 17.9 Å². The number of fused-ring (bicyclic) bond motifs is 1. The Morgan fingerprint density at radius 1 is 1.35 bits per heavy atom. The van der Waals surface area contributed by atoms with Gasteiger partial charge in [0.1, 0.15) is 0 Å². The van der Waals surface area contributed by atoms with E-state index in [1.807, 2.05) is 0 Å². The first-order valence-corrected chi connectivity index (χ1v) is 8.93. The zero-order valence-electron chi connectivity index (χ0n) is 13.1. The molecule has 8 heteroatoms. The van der Waals surface area contributed by atoms with Gasteiger partial charge in [0.2, 0.25) is 21.8 Å². The monoisotopic (exact) mass is 337 g/mol. The molecule has 1 unspecified atom stereocenters. The first kappa shape index (κ1) is 15.9. The van der Waals surface area contributed by atoms with Crippen molar-refractivity contribution in [2.24, 2.45) is 0 Å². The summed E-state index contributed by atoms with van der Waals surface area (Å²) in [5.41, 5.74) is 1.62. The smallest absolute Gasteiger partial charge is 0.240 e. The van der Waals surface area contributed by atoms with E-state index in [0.29, 0.717) is 19.5 Å². The summed E-state index contributed by atoms with van der Waals surface area (Å²) in [6, 6.07) is 4.38. The minimum atomic E-state index is -3.68. The van der Waals surface area contributed by atoms with Crippen molar-refractivity contribution in [1.82, 2.24) is 9.62 Å². The Balaban J connectivity index is 1.82. The third-order valence-electron chi connectivity index (χ3n) is 4.30. The number of nitrogens with one attached hydrogen (secondary N) is 1. The van der Waals surface area contributed by atoms with E-state index in [-0.39, 0.29) is 23.1 Å². The van der Waals surface area contributed by atoms with Crippen molar-refractivity contribution >= 4 is 27.5 Å². The van der Waals surface area contributed by atoms with Crippen LogP contribution in [0.25, 0.3) is 0 Å². The molecule has 3 rings (SSSR count). The number of carbonyl (C=O) groups excluding carboxylic acids is 2. The molecule has 0 saturated carbocycles. The molecule has 0 aliphatic carbocycles. The van der Waals surface area contributed by atoms with Crippen LogP contribution in [0, 0.1) is 0 Å². The predicted octanol–water partition coefficient (Wildman–Crippen LogP) is 0.105. The molecule has 2 amide bonds. The molecule has 2 heterocycles. The highest BCUT2D eigenvalue weighted by atomic mass is 32.2. The predicted molar refractivity (Wildman–Crippen MR) is 84.5 cm³/mol. The van der Waals surface area contributed by atoms with Crippen molar-refractivity contribution in [3.63, 3.8) is 0 Å². The number of nitrogens with zero attached hydrogens (tertiary/aromatic N) is 2. The molecule has 0 radical (unpaired) electrons. The third-order valence-corrected chi connectivity index (χ3v) is 5.82. The Hall–Kier alpha value is -1.93. The molecule has 7 nitrogen and oxygen atoms in total. The summed E-state index contributed by atoms with van der Waals surface area (Å²) in [7, 11) is -2.03. The van der Waals surface area contributed by atoms with Crippen molar-refractivity contribution in [2.75, 3.05) is 25.0 Å². The lowest BCUT2D eigenvalue weighted by molar-refractivity contribution is -0.126. The second kappa shape index (κ2) is 5.61. The molecule has 0 bridgehead atoms. The Labute approximate surface area is 135 Å². The summed E-state index contributed by atoms with van der Waals surface area (Å²) in [5, 5.41) is 0. The lowest BCUT2D eigenvalue weighted by Crippen LogP contribution is -2.36. The van der Waals surface area contributed by atoms with E-state index >= 15 is 0 Å². The van der Waals surface area contributed by atoms with E-state index in [0.717, 1.165) is 11.3 Å². The number of sulfonamides is 1. The molecule has 0 aromatic heterocycles. The van der Waals surface area contributed by atoms with Gasteiger partial charge in [0.05, 0.1) is 4.90 Å². The van der Waals surface area contributed by atoms with E-state index in [9.17, 15) is 18.0 Å². The summed E-state index contributed by atoms with van der Waals surface area (Å²) in [5.74, 6) is -0.117. The van der Waals surface area contributed by atoms with Crippen LogP contribution in [0.2, 0.25) is 0 Å². The van der Waals surface area contributed by atoms with Crippen molar-refractivity contribution in [3.8, 4) is 0 Å². The highest BCUT2D eigenvalue weighted by Crippen LogP contribution is 2.30. The largest absolute Gasteiger partial charge is 0.344 e. The van der Waals surface area contributed by atoms with Gasteiger partial charge in [-0.2, -0.15) is 0 Å². The summed E-state index contributed by atoms with van der Waals surface area (Å²) in [6.07, 6.45) is 0.821. The topological polar surface area (TPSA) is 86.8 Å². The van der Waals surface area contributed by atoms with Gasteiger partial charge in [0, 0.05) is 45.2 Å². The van der Waals surface area contributed by atoms with E-state index in [4.69, 9.17) is 0 Å². The highest BCUT2D eigenvalue weighted by molar-refractivity contribution is 7.89. The van der Waals surface area contributed by atoms with Crippen LogP contribution in [0.1, 0.15) is 18.9 Å².